The van der Waals surface area contributed by atoms with Gasteiger partial charge in [0, 0.05) is 18.0 Å². The molecule has 0 fully saturated rings. The van der Waals surface area contributed by atoms with Gasteiger partial charge in [-0.05, 0) is 44.6 Å². The molecule has 1 aromatic rings. The lowest BCUT2D eigenvalue weighted by molar-refractivity contribution is 0.585. The van der Waals surface area contributed by atoms with Gasteiger partial charge in [0.25, 0.3) is 0 Å². The fourth-order valence-electron chi connectivity index (χ4n) is 1.49. The minimum absolute atomic E-state index is 0.0140. The van der Waals surface area contributed by atoms with E-state index in [0.29, 0.717) is 11.5 Å². The minimum Gasteiger partial charge on any atom is -0.360 e. The minimum atomic E-state index is -2.92. The summed E-state index contributed by atoms with van der Waals surface area (Å²) in [6, 6.07) is 7.91. The highest BCUT2D eigenvalue weighted by Crippen LogP contribution is 2.08. The second-order valence-electron chi connectivity index (χ2n) is 4.78. The first kappa shape index (κ1) is 15.9. The van der Waals surface area contributed by atoms with Crippen molar-refractivity contribution < 1.29 is 8.42 Å². The highest BCUT2D eigenvalue weighted by Gasteiger charge is 2.08. The molecule has 0 unspecified atom stereocenters. The van der Waals surface area contributed by atoms with Crippen LogP contribution in [0.4, 0.5) is 5.69 Å². The van der Waals surface area contributed by atoms with Crippen LogP contribution in [0.25, 0.3) is 0 Å². The van der Waals surface area contributed by atoms with Gasteiger partial charge in [-0.25, -0.2) is 8.42 Å². The first-order valence-electron chi connectivity index (χ1n) is 6.08. The maximum absolute atomic E-state index is 11.1. The molecule has 0 radical (unpaired) electrons. The average Bonchev–Trinajstić information content (AvgIpc) is 2.29. The summed E-state index contributed by atoms with van der Waals surface area (Å²) in [6.07, 6.45) is 1.77. The number of hydrogen-bond acceptors (Lipinski definition) is 3. The third-order valence-corrected chi connectivity index (χ3v) is 3.81. The zero-order chi connectivity index (χ0) is 14.5. The van der Waals surface area contributed by atoms with Crippen molar-refractivity contribution in [2.24, 2.45) is 0 Å². The van der Waals surface area contributed by atoms with Crippen LogP contribution in [0.3, 0.4) is 0 Å². The highest BCUT2D eigenvalue weighted by atomic mass is 32.2. The Morgan fingerprint density at radius 3 is 2.42 bits per heavy atom. The Morgan fingerprint density at radius 2 is 1.89 bits per heavy atom. The maximum atomic E-state index is 11.1. The Bertz CT molecular complexity index is 524. The second-order valence-corrected chi connectivity index (χ2v) is 7.45. The highest BCUT2D eigenvalue weighted by molar-refractivity contribution is 7.90. The summed E-state index contributed by atoms with van der Waals surface area (Å²) in [5, 5.41) is 6.64. The van der Waals surface area contributed by atoms with Gasteiger partial charge in [-0.2, -0.15) is 0 Å². The van der Waals surface area contributed by atoms with Crippen LogP contribution in [0.15, 0.2) is 24.3 Å². The van der Waals surface area contributed by atoms with E-state index in [-0.39, 0.29) is 11.8 Å². The van der Waals surface area contributed by atoms with Gasteiger partial charge in [0.2, 0.25) is 0 Å². The number of benzene rings is 1. The molecule has 0 saturated carbocycles. The van der Waals surface area contributed by atoms with Crippen molar-refractivity contribution in [1.29, 1.82) is 0 Å². The van der Waals surface area contributed by atoms with Crippen LogP contribution in [0.2, 0.25) is 0 Å². The van der Waals surface area contributed by atoms with E-state index in [1.807, 2.05) is 38.1 Å². The lowest BCUT2D eigenvalue weighted by Crippen LogP contribution is -2.36. The first-order valence-corrected chi connectivity index (χ1v) is 8.55. The third kappa shape index (κ3) is 7.12. The molecule has 0 aliphatic rings. The molecule has 0 saturated heterocycles. The zero-order valence-corrected chi connectivity index (χ0v) is 13.1. The molecule has 0 spiro atoms. The Balaban J connectivity index is 2.40. The summed E-state index contributed by atoms with van der Waals surface area (Å²) < 4.78 is 22.1. The average molecular weight is 300 g/mol. The molecule has 6 heteroatoms. The molecular weight excluding hydrogens is 280 g/mol. The van der Waals surface area contributed by atoms with E-state index in [1.165, 1.54) is 11.8 Å². The van der Waals surface area contributed by atoms with Gasteiger partial charge < -0.3 is 10.6 Å². The van der Waals surface area contributed by atoms with Crippen molar-refractivity contribution in [3.05, 3.63) is 29.8 Å². The Hall–Kier alpha value is -1.14. The number of rotatable bonds is 5. The zero-order valence-electron chi connectivity index (χ0n) is 11.4. The predicted molar refractivity (Wildman–Crippen MR) is 84.3 cm³/mol. The molecule has 2 N–H and O–H groups in total. The van der Waals surface area contributed by atoms with E-state index >= 15 is 0 Å². The summed E-state index contributed by atoms with van der Waals surface area (Å²) in [6.45, 7) is 3.93. The lowest BCUT2D eigenvalue weighted by Gasteiger charge is -2.16. The van der Waals surface area contributed by atoms with E-state index in [2.05, 4.69) is 10.6 Å². The molecule has 0 amide bonds. The van der Waals surface area contributed by atoms with Crippen LogP contribution in [-0.2, 0) is 9.84 Å². The van der Waals surface area contributed by atoms with Crippen molar-refractivity contribution >= 4 is 32.9 Å². The second kappa shape index (κ2) is 6.86. The standard InChI is InChI=1S/C13H20N2O2S2/c1-10-4-6-12(7-5-10)15-13(18)14-11(2)8-9-19(3,16)17/h4-7,11H,8-9H2,1-3H3,(H2,14,15,18)/t11-/m0/s1. The van der Waals surface area contributed by atoms with Gasteiger partial charge >= 0.3 is 0 Å². The normalized spacial score (nSPS) is 12.8. The van der Waals surface area contributed by atoms with E-state index in [0.717, 1.165) is 5.69 Å². The van der Waals surface area contributed by atoms with Crippen molar-refractivity contribution in [3.8, 4) is 0 Å². The van der Waals surface area contributed by atoms with E-state index in [9.17, 15) is 8.42 Å². The number of aryl methyl sites for hydroxylation is 1. The monoisotopic (exact) mass is 300 g/mol. The Morgan fingerprint density at radius 1 is 1.32 bits per heavy atom. The molecular formula is C13H20N2O2S2. The van der Waals surface area contributed by atoms with Crippen molar-refractivity contribution in [3.63, 3.8) is 0 Å². The predicted octanol–water partition coefficient (Wildman–Crippen LogP) is 2.10. The molecule has 0 aliphatic heterocycles. The SMILES string of the molecule is Cc1ccc(NC(=S)N[C@@H](C)CCS(C)(=O)=O)cc1. The molecule has 1 atom stereocenters. The largest absolute Gasteiger partial charge is 0.360 e. The number of hydrogen-bond donors (Lipinski definition) is 2. The summed E-state index contributed by atoms with van der Waals surface area (Å²) in [5.74, 6) is 0.161. The summed E-state index contributed by atoms with van der Waals surface area (Å²) >= 11 is 5.18. The molecule has 0 aliphatic carbocycles. The number of thiocarbonyl (C=S) groups is 1. The van der Waals surface area contributed by atoms with Crippen LogP contribution in [0.1, 0.15) is 18.9 Å². The summed E-state index contributed by atoms with van der Waals surface area (Å²) in [5.41, 5.74) is 2.10. The Kier molecular flexibility index (Phi) is 5.75. The molecule has 0 heterocycles. The fourth-order valence-corrected chi connectivity index (χ4v) is 2.59. The van der Waals surface area contributed by atoms with Crippen LogP contribution in [0.5, 0.6) is 0 Å². The van der Waals surface area contributed by atoms with Crippen LogP contribution in [-0.4, -0.2) is 31.6 Å². The van der Waals surface area contributed by atoms with Crippen molar-refractivity contribution in [2.45, 2.75) is 26.3 Å². The smallest absolute Gasteiger partial charge is 0.170 e. The van der Waals surface area contributed by atoms with Crippen LogP contribution < -0.4 is 10.6 Å². The van der Waals surface area contributed by atoms with Gasteiger partial charge in [0.1, 0.15) is 9.84 Å². The molecule has 1 rings (SSSR count). The fraction of sp³-hybridized carbons (Fsp3) is 0.462. The van der Waals surface area contributed by atoms with Crippen LogP contribution >= 0.6 is 12.2 Å². The summed E-state index contributed by atoms with van der Waals surface area (Å²) in [7, 11) is -2.92. The first-order chi connectivity index (χ1) is 8.76. The van der Waals surface area contributed by atoms with E-state index in [1.54, 1.807) is 0 Å². The molecule has 0 bridgehead atoms. The Labute approximate surface area is 120 Å². The van der Waals surface area contributed by atoms with Gasteiger partial charge in [-0.3, -0.25) is 0 Å². The third-order valence-electron chi connectivity index (χ3n) is 2.61. The van der Waals surface area contributed by atoms with Gasteiger partial charge in [-0.15, -0.1) is 0 Å². The number of nitrogens with one attached hydrogen (secondary N) is 2. The molecule has 0 aromatic heterocycles. The van der Waals surface area contributed by atoms with Crippen molar-refractivity contribution in [1.82, 2.24) is 5.32 Å². The van der Waals surface area contributed by atoms with Gasteiger partial charge in [-0.1, -0.05) is 17.7 Å². The quantitative estimate of drug-likeness (QED) is 0.816. The van der Waals surface area contributed by atoms with E-state index < -0.39 is 9.84 Å². The molecule has 19 heavy (non-hydrogen) atoms. The molecule has 4 nitrogen and oxygen atoms in total. The summed E-state index contributed by atoms with van der Waals surface area (Å²) in [4.78, 5) is 0. The topological polar surface area (TPSA) is 58.2 Å². The number of sulfone groups is 1. The molecule has 106 valence electrons. The maximum Gasteiger partial charge on any atom is 0.170 e. The van der Waals surface area contributed by atoms with Crippen LogP contribution in [0, 0.1) is 6.92 Å². The molecule has 1 aromatic carbocycles. The van der Waals surface area contributed by atoms with Gasteiger partial charge in [0.15, 0.2) is 5.11 Å². The number of anilines is 1. The van der Waals surface area contributed by atoms with Crippen molar-refractivity contribution in [2.75, 3.05) is 17.3 Å². The lowest BCUT2D eigenvalue weighted by atomic mass is 10.2. The van der Waals surface area contributed by atoms with E-state index in [4.69, 9.17) is 12.2 Å². The van der Waals surface area contributed by atoms with Gasteiger partial charge in [0.05, 0.1) is 5.75 Å².